The first-order valence-corrected chi connectivity index (χ1v) is 6.84. The molecular formula is C10H15BrClNS. The standard InChI is InChI=1S/C10H15BrClNS/c1-3-10(2,7-12)13-5-9-4-8(11)6-14-9/h4,6,13H,3,5,7H2,1-2H3. The van der Waals surface area contributed by atoms with Crippen molar-refractivity contribution in [3.05, 3.63) is 20.8 Å². The minimum atomic E-state index is 0.0536. The number of hydrogen-bond donors (Lipinski definition) is 1. The van der Waals surface area contributed by atoms with Gasteiger partial charge in [-0.1, -0.05) is 6.92 Å². The summed E-state index contributed by atoms with van der Waals surface area (Å²) in [4.78, 5) is 1.33. The molecular weight excluding hydrogens is 282 g/mol. The van der Waals surface area contributed by atoms with Gasteiger partial charge in [-0.3, -0.25) is 0 Å². The summed E-state index contributed by atoms with van der Waals surface area (Å²) >= 11 is 11.1. The van der Waals surface area contributed by atoms with Crippen molar-refractivity contribution in [2.75, 3.05) is 5.88 Å². The van der Waals surface area contributed by atoms with Crippen molar-refractivity contribution >= 4 is 38.9 Å². The molecule has 0 amide bonds. The van der Waals surface area contributed by atoms with Gasteiger partial charge in [-0.25, -0.2) is 0 Å². The van der Waals surface area contributed by atoms with Crippen LogP contribution in [0, 0.1) is 0 Å². The van der Waals surface area contributed by atoms with E-state index < -0.39 is 0 Å². The molecule has 1 aromatic heterocycles. The van der Waals surface area contributed by atoms with Gasteiger partial charge in [0, 0.05) is 32.7 Å². The molecule has 0 saturated carbocycles. The van der Waals surface area contributed by atoms with Crippen LogP contribution in [0.5, 0.6) is 0 Å². The van der Waals surface area contributed by atoms with Gasteiger partial charge in [0.05, 0.1) is 0 Å². The summed E-state index contributed by atoms with van der Waals surface area (Å²) in [5.41, 5.74) is 0.0536. The van der Waals surface area contributed by atoms with Crippen LogP contribution in [0.1, 0.15) is 25.1 Å². The third kappa shape index (κ3) is 3.54. The second kappa shape index (κ2) is 5.50. The Hall–Kier alpha value is 0.430. The fourth-order valence-corrected chi connectivity index (χ4v) is 2.69. The Morgan fingerprint density at radius 3 is 2.79 bits per heavy atom. The van der Waals surface area contributed by atoms with Gasteiger partial charge in [-0.2, -0.15) is 0 Å². The van der Waals surface area contributed by atoms with Crippen molar-refractivity contribution in [3.63, 3.8) is 0 Å². The third-order valence-corrected chi connectivity index (χ3v) is 4.67. The average Bonchev–Trinajstić information content (AvgIpc) is 2.61. The van der Waals surface area contributed by atoms with Gasteiger partial charge in [-0.15, -0.1) is 22.9 Å². The summed E-state index contributed by atoms with van der Waals surface area (Å²) < 4.78 is 1.16. The van der Waals surface area contributed by atoms with Crippen molar-refractivity contribution < 1.29 is 0 Å². The summed E-state index contributed by atoms with van der Waals surface area (Å²) in [5, 5.41) is 5.58. The Balaban J connectivity index is 2.47. The smallest absolute Gasteiger partial charge is 0.0403 e. The van der Waals surface area contributed by atoms with Gasteiger partial charge in [-0.05, 0) is 35.3 Å². The Labute approximate surface area is 103 Å². The molecule has 1 atom stereocenters. The number of thiophene rings is 1. The van der Waals surface area contributed by atoms with Gasteiger partial charge in [0.2, 0.25) is 0 Å². The molecule has 0 aliphatic rings. The Bertz CT molecular complexity index is 283. The number of rotatable bonds is 5. The Kier molecular flexibility index (Phi) is 4.91. The molecule has 1 nitrogen and oxygen atoms in total. The van der Waals surface area contributed by atoms with E-state index in [1.807, 2.05) is 0 Å². The van der Waals surface area contributed by atoms with Crippen LogP contribution in [0.3, 0.4) is 0 Å². The largest absolute Gasteiger partial charge is 0.305 e. The fraction of sp³-hybridized carbons (Fsp3) is 0.600. The quantitative estimate of drug-likeness (QED) is 0.810. The lowest BCUT2D eigenvalue weighted by Gasteiger charge is -2.26. The van der Waals surface area contributed by atoms with Crippen molar-refractivity contribution in [3.8, 4) is 0 Å². The number of nitrogens with one attached hydrogen (secondary N) is 1. The van der Waals surface area contributed by atoms with Gasteiger partial charge >= 0.3 is 0 Å². The molecule has 0 saturated heterocycles. The highest BCUT2D eigenvalue weighted by atomic mass is 79.9. The summed E-state index contributed by atoms with van der Waals surface area (Å²) in [6, 6.07) is 2.14. The Morgan fingerprint density at radius 2 is 2.36 bits per heavy atom. The van der Waals surface area contributed by atoms with E-state index in [0.717, 1.165) is 17.4 Å². The zero-order chi connectivity index (χ0) is 10.6. The molecule has 0 bridgehead atoms. The van der Waals surface area contributed by atoms with Gasteiger partial charge in [0.25, 0.3) is 0 Å². The summed E-state index contributed by atoms with van der Waals surface area (Å²) in [6.45, 7) is 5.20. The molecule has 0 aliphatic heterocycles. The monoisotopic (exact) mass is 295 g/mol. The van der Waals surface area contributed by atoms with E-state index >= 15 is 0 Å². The minimum absolute atomic E-state index is 0.0536. The highest BCUT2D eigenvalue weighted by molar-refractivity contribution is 9.10. The van der Waals surface area contributed by atoms with E-state index in [1.54, 1.807) is 11.3 Å². The first kappa shape index (κ1) is 12.5. The molecule has 1 rings (SSSR count). The predicted octanol–water partition coefficient (Wildman–Crippen LogP) is 4.01. The highest BCUT2D eigenvalue weighted by Crippen LogP contribution is 2.21. The van der Waals surface area contributed by atoms with E-state index in [9.17, 15) is 0 Å². The van der Waals surface area contributed by atoms with E-state index in [4.69, 9.17) is 11.6 Å². The number of hydrogen-bond acceptors (Lipinski definition) is 2. The van der Waals surface area contributed by atoms with Crippen LogP contribution < -0.4 is 5.32 Å². The fourth-order valence-electron chi connectivity index (χ4n) is 1.01. The molecule has 1 aromatic rings. The summed E-state index contributed by atoms with van der Waals surface area (Å²) in [7, 11) is 0. The lowest BCUT2D eigenvalue weighted by atomic mass is 10.0. The molecule has 80 valence electrons. The zero-order valence-electron chi connectivity index (χ0n) is 8.44. The van der Waals surface area contributed by atoms with Crippen LogP contribution in [-0.4, -0.2) is 11.4 Å². The average molecular weight is 297 g/mol. The normalized spacial score (nSPS) is 15.4. The number of alkyl halides is 1. The molecule has 0 aliphatic carbocycles. The molecule has 1 heterocycles. The first-order valence-electron chi connectivity index (χ1n) is 4.63. The summed E-state index contributed by atoms with van der Waals surface area (Å²) in [5.74, 6) is 0.649. The predicted molar refractivity (Wildman–Crippen MR) is 68.3 cm³/mol. The van der Waals surface area contributed by atoms with Crippen LogP contribution in [0.15, 0.2) is 15.9 Å². The lowest BCUT2D eigenvalue weighted by Crippen LogP contribution is -2.42. The molecule has 0 spiro atoms. The van der Waals surface area contributed by atoms with Crippen molar-refractivity contribution in [2.45, 2.75) is 32.4 Å². The molecule has 4 heteroatoms. The first-order chi connectivity index (χ1) is 6.59. The van der Waals surface area contributed by atoms with E-state index in [1.165, 1.54) is 4.88 Å². The van der Waals surface area contributed by atoms with Gasteiger partial charge in [0.1, 0.15) is 0 Å². The van der Waals surface area contributed by atoms with E-state index in [-0.39, 0.29) is 5.54 Å². The maximum Gasteiger partial charge on any atom is 0.0403 e. The summed E-state index contributed by atoms with van der Waals surface area (Å²) in [6.07, 6.45) is 1.04. The van der Waals surface area contributed by atoms with Crippen LogP contribution in [-0.2, 0) is 6.54 Å². The highest BCUT2D eigenvalue weighted by Gasteiger charge is 2.19. The topological polar surface area (TPSA) is 12.0 Å². The zero-order valence-corrected chi connectivity index (χ0v) is 11.6. The molecule has 0 aromatic carbocycles. The van der Waals surface area contributed by atoms with Crippen LogP contribution in [0.4, 0.5) is 0 Å². The number of halogens is 2. The SMILES string of the molecule is CCC(C)(CCl)NCc1cc(Br)cs1. The second-order valence-corrected chi connectivity index (χ2v) is 5.81. The van der Waals surface area contributed by atoms with Crippen LogP contribution in [0.25, 0.3) is 0 Å². The van der Waals surface area contributed by atoms with Gasteiger partial charge in [0.15, 0.2) is 0 Å². The molecule has 0 radical (unpaired) electrons. The molecule has 1 N–H and O–H groups in total. The second-order valence-electron chi connectivity index (χ2n) is 3.63. The van der Waals surface area contributed by atoms with Gasteiger partial charge < -0.3 is 5.32 Å². The molecule has 0 fully saturated rings. The molecule has 14 heavy (non-hydrogen) atoms. The van der Waals surface area contributed by atoms with Crippen molar-refractivity contribution in [1.82, 2.24) is 5.32 Å². The maximum atomic E-state index is 5.91. The van der Waals surface area contributed by atoms with E-state index in [2.05, 4.69) is 46.5 Å². The lowest BCUT2D eigenvalue weighted by molar-refractivity contribution is 0.381. The van der Waals surface area contributed by atoms with Crippen molar-refractivity contribution in [1.29, 1.82) is 0 Å². The Morgan fingerprint density at radius 1 is 1.64 bits per heavy atom. The van der Waals surface area contributed by atoms with E-state index in [0.29, 0.717) is 5.88 Å². The maximum absolute atomic E-state index is 5.91. The van der Waals surface area contributed by atoms with Crippen molar-refractivity contribution in [2.24, 2.45) is 0 Å². The molecule has 1 unspecified atom stereocenters. The minimum Gasteiger partial charge on any atom is -0.305 e. The van der Waals surface area contributed by atoms with Crippen LogP contribution >= 0.6 is 38.9 Å². The van der Waals surface area contributed by atoms with Crippen LogP contribution in [0.2, 0.25) is 0 Å². The third-order valence-electron chi connectivity index (χ3n) is 2.39.